The fraction of sp³-hybridized carbons (Fsp3) is 0. The Morgan fingerprint density at radius 1 is 0.281 bits per heavy atom. The van der Waals surface area contributed by atoms with Crippen LogP contribution in [0.2, 0.25) is 0 Å². The molecular formula is C54H34N2O. The molecule has 0 bridgehead atoms. The van der Waals surface area contributed by atoms with Gasteiger partial charge >= 0.3 is 0 Å². The van der Waals surface area contributed by atoms with E-state index in [0.717, 1.165) is 61.1 Å². The van der Waals surface area contributed by atoms with Crippen LogP contribution in [-0.4, -0.2) is 9.13 Å². The van der Waals surface area contributed by atoms with Crippen molar-refractivity contribution in [2.75, 3.05) is 0 Å². The third kappa shape index (κ3) is 4.92. The Balaban J connectivity index is 1.09. The summed E-state index contributed by atoms with van der Waals surface area (Å²) in [5.74, 6) is 0. The molecule has 12 rings (SSSR count). The summed E-state index contributed by atoms with van der Waals surface area (Å²) in [6, 6.07) is 74.5. The van der Waals surface area contributed by atoms with E-state index in [4.69, 9.17) is 4.42 Å². The van der Waals surface area contributed by atoms with Gasteiger partial charge in [-0.15, -0.1) is 0 Å². The molecule has 0 aliphatic heterocycles. The maximum Gasteiger partial charge on any atom is 0.143 e. The molecule has 3 heterocycles. The number of furan rings is 1. The minimum atomic E-state index is 0.888. The number of benzene rings is 9. The highest BCUT2D eigenvalue weighted by atomic mass is 16.3. The highest BCUT2D eigenvalue weighted by Gasteiger charge is 2.19. The Hall–Kier alpha value is -7.62. The highest BCUT2D eigenvalue weighted by molar-refractivity contribution is 6.15. The third-order valence-corrected chi connectivity index (χ3v) is 11.7. The first-order valence-corrected chi connectivity index (χ1v) is 19.5. The first kappa shape index (κ1) is 31.7. The SMILES string of the molecule is c1ccc(-c2ccc(-n3c4ccccc4c4ccc(-c5cc(-c6ccc7c8ccccc8n(-c8ccccc8)c7c6)cc6c5oc5ccccc56)cc43)cc2)cc1. The monoisotopic (exact) mass is 726 g/mol. The molecule has 9 aromatic carbocycles. The summed E-state index contributed by atoms with van der Waals surface area (Å²) in [6.07, 6.45) is 0. The van der Waals surface area contributed by atoms with Gasteiger partial charge in [-0.3, -0.25) is 0 Å². The van der Waals surface area contributed by atoms with Gasteiger partial charge in [-0.2, -0.15) is 0 Å². The van der Waals surface area contributed by atoms with Crippen LogP contribution in [0.4, 0.5) is 0 Å². The molecule has 3 nitrogen and oxygen atoms in total. The van der Waals surface area contributed by atoms with E-state index >= 15 is 0 Å². The average molecular weight is 727 g/mol. The van der Waals surface area contributed by atoms with Gasteiger partial charge in [0.25, 0.3) is 0 Å². The van der Waals surface area contributed by atoms with Gasteiger partial charge in [-0.05, 0) is 94.5 Å². The van der Waals surface area contributed by atoms with E-state index in [1.165, 1.54) is 49.2 Å². The summed E-state index contributed by atoms with van der Waals surface area (Å²) < 4.78 is 11.5. The molecule has 12 aromatic rings. The third-order valence-electron chi connectivity index (χ3n) is 11.7. The van der Waals surface area contributed by atoms with E-state index in [9.17, 15) is 0 Å². The molecule has 0 radical (unpaired) electrons. The van der Waals surface area contributed by atoms with E-state index in [1.807, 2.05) is 0 Å². The van der Waals surface area contributed by atoms with Crippen molar-refractivity contribution in [1.82, 2.24) is 9.13 Å². The molecule has 0 saturated heterocycles. The van der Waals surface area contributed by atoms with Gasteiger partial charge in [0.05, 0.1) is 22.1 Å². The standard InChI is InChI=1S/C54H34N2O/c1-3-13-35(14-4-1)36-23-27-41(28-24-36)56-50-21-11-8-18-43(50)45-30-26-38(34-52(45)56)47-31-39(32-48-46-19-9-12-22-53(46)57-54(47)48)37-25-29-44-42-17-7-10-20-49(42)55(51(44)33-37)40-15-5-2-6-16-40/h1-34H. The lowest BCUT2D eigenvalue weighted by Crippen LogP contribution is -1.94. The Kier molecular flexibility index (Phi) is 6.93. The van der Waals surface area contributed by atoms with Crippen molar-refractivity contribution in [1.29, 1.82) is 0 Å². The molecule has 3 aromatic heterocycles. The van der Waals surface area contributed by atoms with Crippen LogP contribution in [0.3, 0.4) is 0 Å². The molecule has 0 unspecified atom stereocenters. The maximum atomic E-state index is 6.75. The van der Waals surface area contributed by atoms with Crippen molar-refractivity contribution < 1.29 is 4.42 Å². The molecule has 0 spiro atoms. The molecule has 0 N–H and O–H groups in total. The fourth-order valence-corrected chi connectivity index (χ4v) is 9.06. The van der Waals surface area contributed by atoms with E-state index in [2.05, 4.69) is 215 Å². The van der Waals surface area contributed by atoms with Crippen molar-refractivity contribution in [3.05, 3.63) is 206 Å². The van der Waals surface area contributed by atoms with Crippen LogP contribution in [0, 0.1) is 0 Å². The summed E-state index contributed by atoms with van der Waals surface area (Å²) in [5.41, 5.74) is 15.7. The lowest BCUT2D eigenvalue weighted by molar-refractivity contribution is 0.670. The molecular weight excluding hydrogens is 693 g/mol. The second-order valence-corrected chi connectivity index (χ2v) is 14.9. The number of hydrogen-bond donors (Lipinski definition) is 0. The Morgan fingerprint density at radius 3 is 1.46 bits per heavy atom. The number of hydrogen-bond acceptors (Lipinski definition) is 1. The first-order chi connectivity index (χ1) is 28.3. The molecule has 0 aliphatic carbocycles. The summed E-state index contributed by atoms with van der Waals surface area (Å²) >= 11 is 0. The van der Waals surface area contributed by atoms with Gasteiger partial charge in [-0.25, -0.2) is 0 Å². The topological polar surface area (TPSA) is 23.0 Å². The van der Waals surface area contributed by atoms with Crippen molar-refractivity contribution in [3.8, 4) is 44.8 Å². The predicted molar refractivity (Wildman–Crippen MR) is 239 cm³/mol. The minimum absolute atomic E-state index is 0.888. The van der Waals surface area contributed by atoms with Crippen molar-refractivity contribution in [2.45, 2.75) is 0 Å². The zero-order valence-electron chi connectivity index (χ0n) is 30.9. The van der Waals surface area contributed by atoms with Crippen molar-refractivity contribution in [3.63, 3.8) is 0 Å². The van der Waals surface area contributed by atoms with Crippen molar-refractivity contribution >= 4 is 65.6 Å². The van der Waals surface area contributed by atoms with Gasteiger partial charge in [0, 0.05) is 49.3 Å². The fourth-order valence-electron chi connectivity index (χ4n) is 9.06. The number of fused-ring (bicyclic) bond motifs is 9. The van der Waals surface area contributed by atoms with E-state index in [0.29, 0.717) is 0 Å². The van der Waals surface area contributed by atoms with E-state index in [-0.39, 0.29) is 0 Å². The van der Waals surface area contributed by atoms with Crippen LogP contribution in [0.25, 0.3) is 110 Å². The molecule has 0 aliphatic rings. The second kappa shape index (κ2) is 12.5. The van der Waals surface area contributed by atoms with Gasteiger partial charge in [-0.1, -0.05) is 140 Å². The summed E-state index contributed by atoms with van der Waals surface area (Å²) in [4.78, 5) is 0. The van der Waals surface area contributed by atoms with E-state index in [1.54, 1.807) is 0 Å². The molecule has 0 atom stereocenters. The molecule has 0 saturated carbocycles. The normalized spacial score (nSPS) is 11.9. The summed E-state index contributed by atoms with van der Waals surface area (Å²) in [6.45, 7) is 0. The van der Waals surface area contributed by atoms with E-state index < -0.39 is 0 Å². The zero-order valence-corrected chi connectivity index (χ0v) is 30.9. The Labute approximate surface area is 328 Å². The summed E-state index contributed by atoms with van der Waals surface area (Å²) in [5, 5.41) is 7.16. The number of nitrogens with zero attached hydrogens (tertiary/aromatic N) is 2. The van der Waals surface area contributed by atoms with Gasteiger partial charge in [0.15, 0.2) is 0 Å². The lowest BCUT2D eigenvalue weighted by atomic mass is 9.94. The Morgan fingerprint density at radius 2 is 0.772 bits per heavy atom. The van der Waals surface area contributed by atoms with Gasteiger partial charge < -0.3 is 13.6 Å². The largest absolute Gasteiger partial charge is 0.455 e. The van der Waals surface area contributed by atoms with Crippen LogP contribution < -0.4 is 0 Å². The zero-order chi connectivity index (χ0) is 37.5. The number of rotatable bonds is 5. The van der Waals surface area contributed by atoms with Crippen LogP contribution in [-0.2, 0) is 0 Å². The van der Waals surface area contributed by atoms with Crippen LogP contribution in [0.1, 0.15) is 0 Å². The molecule has 0 fully saturated rings. The minimum Gasteiger partial charge on any atom is -0.455 e. The predicted octanol–water partition coefficient (Wildman–Crippen LogP) is 14.8. The van der Waals surface area contributed by atoms with Crippen LogP contribution in [0.5, 0.6) is 0 Å². The molecule has 266 valence electrons. The average Bonchev–Trinajstić information content (AvgIpc) is 3.94. The lowest BCUT2D eigenvalue weighted by Gasteiger charge is -2.12. The first-order valence-electron chi connectivity index (χ1n) is 19.5. The van der Waals surface area contributed by atoms with Crippen LogP contribution in [0.15, 0.2) is 211 Å². The van der Waals surface area contributed by atoms with Gasteiger partial charge in [0.2, 0.25) is 0 Å². The second-order valence-electron chi connectivity index (χ2n) is 14.9. The smallest absolute Gasteiger partial charge is 0.143 e. The van der Waals surface area contributed by atoms with Crippen molar-refractivity contribution in [2.24, 2.45) is 0 Å². The molecule has 57 heavy (non-hydrogen) atoms. The maximum absolute atomic E-state index is 6.75. The highest BCUT2D eigenvalue weighted by Crippen LogP contribution is 2.43. The van der Waals surface area contributed by atoms with Crippen LogP contribution >= 0.6 is 0 Å². The van der Waals surface area contributed by atoms with Gasteiger partial charge in [0.1, 0.15) is 11.2 Å². The number of para-hydroxylation sites is 4. The Bertz CT molecular complexity index is 3490. The number of aromatic nitrogens is 2. The quantitative estimate of drug-likeness (QED) is 0.173. The molecule has 0 amide bonds. The summed E-state index contributed by atoms with van der Waals surface area (Å²) in [7, 11) is 0. The molecule has 3 heteroatoms.